The lowest BCUT2D eigenvalue weighted by atomic mass is 10.2. The summed E-state index contributed by atoms with van der Waals surface area (Å²) in [6, 6.07) is 6.06. The Kier molecular flexibility index (Phi) is 5.50. The van der Waals surface area contributed by atoms with Gasteiger partial charge in [0, 0.05) is 11.3 Å². The minimum Gasteiger partial charge on any atom is -0.466 e. The van der Waals surface area contributed by atoms with Crippen LogP contribution in [0.5, 0.6) is 0 Å². The highest BCUT2D eigenvalue weighted by Gasteiger charge is 2.14. The summed E-state index contributed by atoms with van der Waals surface area (Å²) in [7, 11) is -3.64. The number of benzene rings is 1. The van der Waals surface area contributed by atoms with Gasteiger partial charge in [0.05, 0.1) is 18.8 Å². The first-order valence-electron chi connectivity index (χ1n) is 5.68. The zero-order chi connectivity index (χ0) is 14.3. The number of aldehydes is 1. The van der Waals surface area contributed by atoms with E-state index in [0.29, 0.717) is 11.8 Å². The molecule has 19 heavy (non-hydrogen) atoms. The second kappa shape index (κ2) is 6.89. The van der Waals surface area contributed by atoms with Crippen LogP contribution in [-0.4, -0.2) is 33.0 Å². The fraction of sp³-hybridized carbons (Fsp3) is 0.333. The quantitative estimate of drug-likeness (QED) is 0.600. The fourth-order valence-corrected chi connectivity index (χ4v) is 2.38. The molecule has 0 atom stereocenters. The molecule has 0 saturated carbocycles. The zero-order valence-electron chi connectivity index (χ0n) is 10.5. The molecule has 0 saturated heterocycles. The normalized spacial score (nSPS) is 10.8. The Morgan fingerprint density at radius 1 is 1.42 bits per heavy atom. The molecule has 0 unspecified atom stereocenters. The molecule has 104 valence electrons. The molecule has 1 aromatic rings. The molecule has 0 aliphatic heterocycles. The number of hydrogen-bond donors (Lipinski definition) is 1. The van der Waals surface area contributed by atoms with E-state index >= 15 is 0 Å². The molecule has 0 amide bonds. The lowest BCUT2D eigenvalue weighted by Gasteiger charge is -2.08. The maximum Gasteiger partial charge on any atom is 0.306 e. The molecular weight excluding hydrogens is 270 g/mol. The highest BCUT2D eigenvalue weighted by atomic mass is 32.2. The van der Waals surface area contributed by atoms with Crippen LogP contribution in [0.2, 0.25) is 0 Å². The number of carbonyl (C=O) groups excluding carboxylic acids is 2. The van der Waals surface area contributed by atoms with Crippen molar-refractivity contribution in [2.45, 2.75) is 13.3 Å². The summed E-state index contributed by atoms with van der Waals surface area (Å²) in [6.07, 6.45) is 0.410. The van der Waals surface area contributed by atoms with Gasteiger partial charge in [-0.1, -0.05) is 12.1 Å². The van der Waals surface area contributed by atoms with Crippen LogP contribution in [-0.2, 0) is 19.6 Å². The van der Waals surface area contributed by atoms with Crippen molar-refractivity contribution in [3.63, 3.8) is 0 Å². The number of rotatable bonds is 7. The summed E-state index contributed by atoms with van der Waals surface area (Å²) in [5, 5.41) is 0. The first-order chi connectivity index (χ1) is 8.96. The molecule has 0 aliphatic carbocycles. The molecule has 0 fully saturated rings. The van der Waals surface area contributed by atoms with Crippen molar-refractivity contribution in [2.75, 3.05) is 17.1 Å². The van der Waals surface area contributed by atoms with Gasteiger partial charge in [0.1, 0.15) is 6.29 Å². The van der Waals surface area contributed by atoms with E-state index in [2.05, 4.69) is 9.46 Å². The van der Waals surface area contributed by atoms with E-state index in [-0.39, 0.29) is 24.5 Å². The monoisotopic (exact) mass is 285 g/mol. The topological polar surface area (TPSA) is 89.5 Å². The van der Waals surface area contributed by atoms with Crippen LogP contribution in [0.3, 0.4) is 0 Å². The van der Waals surface area contributed by atoms with Crippen LogP contribution in [0.1, 0.15) is 23.7 Å². The summed E-state index contributed by atoms with van der Waals surface area (Å²) >= 11 is 0. The highest BCUT2D eigenvalue weighted by Crippen LogP contribution is 2.11. The van der Waals surface area contributed by atoms with Gasteiger partial charge in [0.2, 0.25) is 10.0 Å². The van der Waals surface area contributed by atoms with Crippen molar-refractivity contribution in [3.05, 3.63) is 29.8 Å². The van der Waals surface area contributed by atoms with Crippen LogP contribution < -0.4 is 4.72 Å². The number of anilines is 1. The lowest BCUT2D eigenvalue weighted by Crippen LogP contribution is -2.20. The second-order valence-electron chi connectivity index (χ2n) is 3.72. The first-order valence-corrected chi connectivity index (χ1v) is 7.33. The number of hydrogen-bond acceptors (Lipinski definition) is 5. The third-order valence-corrected chi connectivity index (χ3v) is 3.46. The first kappa shape index (κ1) is 15.2. The summed E-state index contributed by atoms with van der Waals surface area (Å²) in [5.41, 5.74) is 0.652. The van der Waals surface area contributed by atoms with Gasteiger partial charge >= 0.3 is 5.97 Å². The highest BCUT2D eigenvalue weighted by molar-refractivity contribution is 7.92. The van der Waals surface area contributed by atoms with Crippen LogP contribution in [0.25, 0.3) is 0 Å². The fourth-order valence-electron chi connectivity index (χ4n) is 1.36. The van der Waals surface area contributed by atoms with E-state index in [1.165, 1.54) is 12.1 Å². The van der Waals surface area contributed by atoms with Gasteiger partial charge in [-0.3, -0.25) is 14.3 Å². The van der Waals surface area contributed by atoms with Crippen molar-refractivity contribution in [1.82, 2.24) is 0 Å². The maximum atomic E-state index is 11.7. The third-order valence-electron chi connectivity index (χ3n) is 2.18. The Morgan fingerprint density at radius 3 is 2.79 bits per heavy atom. The van der Waals surface area contributed by atoms with Gasteiger partial charge in [-0.05, 0) is 19.1 Å². The average Bonchev–Trinajstić information content (AvgIpc) is 2.37. The summed E-state index contributed by atoms with van der Waals surface area (Å²) in [5.74, 6) is -0.925. The van der Waals surface area contributed by atoms with Gasteiger partial charge in [0.25, 0.3) is 0 Å². The Bertz CT molecular complexity index is 553. The molecule has 0 radical (unpaired) electrons. The molecular formula is C12H15NO5S. The SMILES string of the molecule is CCOC(=O)CCS(=O)(=O)Nc1cccc(C=O)c1. The maximum absolute atomic E-state index is 11.7. The lowest BCUT2D eigenvalue weighted by molar-refractivity contribution is -0.142. The number of carbonyl (C=O) groups is 2. The molecule has 0 aromatic heterocycles. The summed E-state index contributed by atoms with van der Waals surface area (Å²) in [6.45, 7) is 1.86. The average molecular weight is 285 g/mol. The third kappa shape index (κ3) is 5.52. The van der Waals surface area contributed by atoms with Crippen molar-refractivity contribution in [1.29, 1.82) is 0 Å². The molecule has 0 aliphatic rings. The van der Waals surface area contributed by atoms with Crippen molar-refractivity contribution >= 4 is 28.0 Å². The van der Waals surface area contributed by atoms with Crippen LogP contribution >= 0.6 is 0 Å². The van der Waals surface area contributed by atoms with Crippen molar-refractivity contribution in [3.8, 4) is 0 Å². The van der Waals surface area contributed by atoms with Crippen LogP contribution in [0, 0.1) is 0 Å². The second-order valence-corrected chi connectivity index (χ2v) is 5.56. The van der Waals surface area contributed by atoms with E-state index in [1.54, 1.807) is 19.1 Å². The van der Waals surface area contributed by atoms with Gasteiger partial charge in [-0.15, -0.1) is 0 Å². The van der Waals surface area contributed by atoms with Gasteiger partial charge in [-0.2, -0.15) is 0 Å². The molecule has 0 spiro atoms. The Balaban J connectivity index is 2.63. The zero-order valence-corrected chi connectivity index (χ0v) is 11.3. The van der Waals surface area contributed by atoms with E-state index in [9.17, 15) is 18.0 Å². The molecule has 1 aromatic carbocycles. The van der Waals surface area contributed by atoms with E-state index in [1.807, 2.05) is 0 Å². The van der Waals surface area contributed by atoms with Crippen molar-refractivity contribution in [2.24, 2.45) is 0 Å². The Labute approximate surface area is 111 Å². The number of ether oxygens (including phenoxy) is 1. The molecule has 1 rings (SSSR count). The van der Waals surface area contributed by atoms with E-state index < -0.39 is 16.0 Å². The molecule has 6 nitrogen and oxygen atoms in total. The minimum atomic E-state index is -3.64. The largest absolute Gasteiger partial charge is 0.466 e. The van der Waals surface area contributed by atoms with Crippen LogP contribution in [0.4, 0.5) is 5.69 Å². The molecule has 0 bridgehead atoms. The molecule has 0 heterocycles. The Morgan fingerprint density at radius 2 is 2.16 bits per heavy atom. The molecule has 1 N–H and O–H groups in total. The van der Waals surface area contributed by atoms with E-state index in [4.69, 9.17) is 0 Å². The standard InChI is InChI=1S/C12H15NO5S/c1-2-18-12(15)6-7-19(16,17)13-11-5-3-4-10(8-11)9-14/h3-5,8-9,13H,2,6-7H2,1H3. The molecule has 7 heteroatoms. The minimum absolute atomic E-state index is 0.212. The Hall–Kier alpha value is -1.89. The van der Waals surface area contributed by atoms with Gasteiger partial charge in [0.15, 0.2) is 0 Å². The van der Waals surface area contributed by atoms with Gasteiger partial charge in [-0.25, -0.2) is 8.42 Å². The van der Waals surface area contributed by atoms with E-state index in [0.717, 1.165) is 0 Å². The van der Waals surface area contributed by atoms with Crippen LogP contribution in [0.15, 0.2) is 24.3 Å². The van der Waals surface area contributed by atoms with Gasteiger partial charge < -0.3 is 4.74 Å². The van der Waals surface area contributed by atoms with Crippen molar-refractivity contribution < 1.29 is 22.7 Å². The smallest absolute Gasteiger partial charge is 0.306 e. The summed E-state index contributed by atoms with van der Waals surface area (Å²) in [4.78, 5) is 21.7. The predicted molar refractivity (Wildman–Crippen MR) is 70.5 cm³/mol. The number of nitrogens with one attached hydrogen (secondary N) is 1. The predicted octanol–water partition coefficient (Wildman–Crippen LogP) is 1.19. The number of esters is 1. The number of sulfonamides is 1. The summed E-state index contributed by atoms with van der Waals surface area (Å²) < 4.78 is 30.3.